The Kier molecular flexibility index (Phi) is 4.52. The summed E-state index contributed by atoms with van der Waals surface area (Å²) in [7, 11) is 0. The molecule has 1 heterocycles. The Bertz CT molecular complexity index is 391. The van der Waals surface area contributed by atoms with Crippen molar-refractivity contribution in [3.05, 3.63) is 0 Å². The van der Waals surface area contributed by atoms with Crippen LogP contribution in [-0.2, 0) is 14.3 Å². The molecule has 20 heavy (non-hydrogen) atoms. The molecule has 1 N–H and O–H groups in total. The summed E-state index contributed by atoms with van der Waals surface area (Å²) in [5.41, 5.74) is -0.872. The Morgan fingerprint density at radius 2 is 1.80 bits per heavy atom. The van der Waals surface area contributed by atoms with Crippen LogP contribution in [0.5, 0.6) is 0 Å². The third-order valence-corrected chi connectivity index (χ3v) is 2.48. The maximum Gasteiger partial charge on any atom is 0.522 e. The minimum atomic E-state index is -4.88. The topological polar surface area (TPSA) is 76.1 Å². The Balaban J connectivity index is 2.78. The number of carboxylic acid groups (broad SMARTS) is 1. The van der Waals surface area contributed by atoms with E-state index in [1.807, 2.05) is 0 Å². The van der Waals surface area contributed by atoms with Gasteiger partial charge in [0, 0.05) is 6.42 Å². The highest BCUT2D eigenvalue weighted by molar-refractivity contribution is 5.81. The van der Waals surface area contributed by atoms with Crippen molar-refractivity contribution in [3.8, 4) is 0 Å². The SMILES string of the molecule is CC(C)(C)OC(=O)N1C[C@H](OC(F)(F)F)C[C@H]1C(=O)O. The molecule has 0 unspecified atom stereocenters. The lowest BCUT2D eigenvalue weighted by Crippen LogP contribution is -2.43. The fraction of sp³-hybridized carbons (Fsp3) is 0.818. The van der Waals surface area contributed by atoms with Crippen LogP contribution in [0.2, 0.25) is 0 Å². The first-order valence-corrected chi connectivity index (χ1v) is 5.86. The summed E-state index contributed by atoms with van der Waals surface area (Å²) in [4.78, 5) is 23.5. The van der Waals surface area contributed by atoms with Gasteiger partial charge in [-0.25, -0.2) is 9.59 Å². The predicted molar refractivity (Wildman–Crippen MR) is 59.9 cm³/mol. The number of likely N-dealkylation sites (tertiary alicyclic amines) is 1. The summed E-state index contributed by atoms with van der Waals surface area (Å²) in [6, 6.07) is -1.39. The van der Waals surface area contributed by atoms with Crippen molar-refractivity contribution in [2.75, 3.05) is 6.54 Å². The van der Waals surface area contributed by atoms with E-state index < -0.39 is 49.1 Å². The van der Waals surface area contributed by atoms with Gasteiger partial charge in [0.05, 0.1) is 12.6 Å². The number of ether oxygens (including phenoxy) is 2. The van der Waals surface area contributed by atoms with E-state index >= 15 is 0 Å². The van der Waals surface area contributed by atoms with E-state index in [0.717, 1.165) is 4.90 Å². The van der Waals surface area contributed by atoms with Crippen molar-refractivity contribution in [2.45, 2.75) is 51.3 Å². The molecule has 9 heteroatoms. The highest BCUT2D eigenvalue weighted by Gasteiger charge is 2.46. The van der Waals surface area contributed by atoms with Crippen molar-refractivity contribution < 1.29 is 37.3 Å². The van der Waals surface area contributed by atoms with E-state index in [4.69, 9.17) is 9.84 Å². The van der Waals surface area contributed by atoms with E-state index in [1.54, 1.807) is 20.8 Å². The quantitative estimate of drug-likeness (QED) is 0.844. The molecule has 0 aliphatic carbocycles. The molecule has 1 fully saturated rings. The number of rotatable bonds is 2. The number of hydrogen-bond acceptors (Lipinski definition) is 4. The zero-order valence-electron chi connectivity index (χ0n) is 11.2. The third kappa shape index (κ3) is 4.87. The molecule has 1 rings (SSSR count). The lowest BCUT2D eigenvalue weighted by atomic mass is 10.2. The van der Waals surface area contributed by atoms with Crippen LogP contribution in [0.3, 0.4) is 0 Å². The molecule has 0 aromatic heterocycles. The number of nitrogens with zero attached hydrogens (tertiary/aromatic N) is 1. The Hall–Kier alpha value is -1.51. The largest absolute Gasteiger partial charge is 0.522 e. The number of hydrogen-bond donors (Lipinski definition) is 1. The van der Waals surface area contributed by atoms with E-state index in [9.17, 15) is 22.8 Å². The Morgan fingerprint density at radius 1 is 1.25 bits per heavy atom. The van der Waals surface area contributed by atoms with Crippen LogP contribution in [0.15, 0.2) is 0 Å². The summed E-state index contributed by atoms with van der Waals surface area (Å²) < 4.78 is 45.1. The molecule has 0 aromatic rings. The first-order chi connectivity index (χ1) is 8.89. The summed E-state index contributed by atoms with van der Waals surface area (Å²) in [5.74, 6) is -1.40. The second kappa shape index (κ2) is 5.47. The van der Waals surface area contributed by atoms with Crippen molar-refractivity contribution in [1.82, 2.24) is 4.90 Å². The number of aliphatic carboxylic acids is 1. The summed E-state index contributed by atoms with van der Waals surface area (Å²) >= 11 is 0. The van der Waals surface area contributed by atoms with Gasteiger partial charge in [0.1, 0.15) is 11.6 Å². The fourth-order valence-corrected chi connectivity index (χ4v) is 1.83. The van der Waals surface area contributed by atoms with Gasteiger partial charge in [0.15, 0.2) is 0 Å². The van der Waals surface area contributed by atoms with E-state index in [0.29, 0.717) is 0 Å². The van der Waals surface area contributed by atoms with E-state index in [2.05, 4.69) is 4.74 Å². The van der Waals surface area contributed by atoms with Crippen LogP contribution in [0.4, 0.5) is 18.0 Å². The third-order valence-electron chi connectivity index (χ3n) is 2.48. The summed E-state index contributed by atoms with van der Waals surface area (Å²) in [5, 5.41) is 8.96. The van der Waals surface area contributed by atoms with Gasteiger partial charge < -0.3 is 9.84 Å². The van der Waals surface area contributed by atoms with Gasteiger partial charge in [-0.2, -0.15) is 0 Å². The fourth-order valence-electron chi connectivity index (χ4n) is 1.83. The van der Waals surface area contributed by atoms with Crippen LogP contribution in [0.1, 0.15) is 27.2 Å². The summed E-state index contributed by atoms with van der Waals surface area (Å²) in [6.07, 6.45) is -7.70. The van der Waals surface area contributed by atoms with Gasteiger partial charge in [-0.05, 0) is 20.8 Å². The van der Waals surface area contributed by atoms with Crippen molar-refractivity contribution >= 4 is 12.1 Å². The van der Waals surface area contributed by atoms with Crippen LogP contribution >= 0.6 is 0 Å². The molecular weight excluding hydrogens is 283 g/mol. The number of carboxylic acids is 1. The van der Waals surface area contributed by atoms with Crippen molar-refractivity contribution in [1.29, 1.82) is 0 Å². The maximum absolute atomic E-state index is 12.1. The van der Waals surface area contributed by atoms with E-state index in [1.165, 1.54) is 0 Å². The highest BCUT2D eigenvalue weighted by Crippen LogP contribution is 2.28. The normalized spacial score (nSPS) is 23.8. The second-order valence-electron chi connectivity index (χ2n) is 5.41. The zero-order chi connectivity index (χ0) is 15.7. The number of alkyl halides is 3. The average molecular weight is 299 g/mol. The molecule has 0 spiro atoms. The number of carbonyl (C=O) groups is 2. The number of amides is 1. The monoisotopic (exact) mass is 299 g/mol. The lowest BCUT2D eigenvalue weighted by Gasteiger charge is -2.26. The average Bonchev–Trinajstić information content (AvgIpc) is 2.56. The Labute approximate surface area is 113 Å². The molecule has 1 aliphatic rings. The smallest absolute Gasteiger partial charge is 0.480 e. The number of carbonyl (C=O) groups excluding carboxylic acids is 1. The molecule has 2 atom stereocenters. The molecule has 0 saturated carbocycles. The molecule has 0 aromatic carbocycles. The van der Waals surface area contributed by atoms with E-state index in [-0.39, 0.29) is 0 Å². The molecule has 1 saturated heterocycles. The van der Waals surface area contributed by atoms with Crippen LogP contribution in [0, 0.1) is 0 Å². The van der Waals surface area contributed by atoms with Crippen LogP contribution in [-0.4, -0.2) is 52.7 Å². The van der Waals surface area contributed by atoms with Gasteiger partial charge in [0.25, 0.3) is 0 Å². The first-order valence-electron chi connectivity index (χ1n) is 5.86. The molecule has 116 valence electrons. The van der Waals surface area contributed by atoms with Crippen LogP contribution in [0.25, 0.3) is 0 Å². The lowest BCUT2D eigenvalue weighted by molar-refractivity contribution is -0.340. The van der Waals surface area contributed by atoms with Crippen molar-refractivity contribution in [3.63, 3.8) is 0 Å². The summed E-state index contributed by atoms with van der Waals surface area (Å²) in [6.45, 7) is 4.23. The molecule has 0 radical (unpaired) electrons. The second-order valence-corrected chi connectivity index (χ2v) is 5.41. The zero-order valence-corrected chi connectivity index (χ0v) is 11.2. The van der Waals surface area contributed by atoms with Gasteiger partial charge in [-0.15, -0.1) is 13.2 Å². The molecular formula is C11H16F3NO5. The minimum Gasteiger partial charge on any atom is -0.480 e. The van der Waals surface area contributed by atoms with Gasteiger partial charge in [-0.1, -0.05) is 0 Å². The highest BCUT2D eigenvalue weighted by atomic mass is 19.4. The van der Waals surface area contributed by atoms with Gasteiger partial charge in [0.2, 0.25) is 0 Å². The van der Waals surface area contributed by atoms with Crippen LogP contribution < -0.4 is 0 Å². The molecule has 1 amide bonds. The standard InChI is InChI=1S/C11H16F3NO5/c1-10(2,3)20-9(18)15-5-6(19-11(12,13)14)4-7(15)8(16)17/h6-7H,4-5H2,1-3H3,(H,16,17)/t6-,7+/m1/s1. The van der Waals surface area contributed by atoms with Gasteiger partial charge >= 0.3 is 18.4 Å². The number of halogens is 3. The first kappa shape index (κ1) is 16.5. The van der Waals surface area contributed by atoms with Gasteiger partial charge in [-0.3, -0.25) is 9.64 Å². The Morgan fingerprint density at radius 3 is 2.20 bits per heavy atom. The predicted octanol–water partition coefficient (Wildman–Crippen LogP) is 1.99. The minimum absolute atomic E-state index is 0.436. The van der Waals surface area contributed by atoms with Crippen molar-refractivity contribution in [2.24, 2.45) is 0 Å². The maximum atomic E-state index is 12.1. The molecule has 6 nitrogen and oxygen atoms in total. The molecule has 1 aliphatic heterocycles. The molecule has 0 bridgehead atoms.